The lowest BCUT2D eigenvalue weighted by atomic mass is 10.3. The number of ether oxygens (including phenoxy) is 1. The molecule has 0 unspecified atom stereocenters. The fraction of sp³-hybridized carbons (Fsp3) is 0.467. The van der Waals surface area contributed by atoms with Crippen molar-refractivity contribution in [3.8, 4) is 5.75 Å². The Morgan fingerprint density at radius 2 is 1.86 bits per heavy atom. The quantitative estimate of drug-likeness (QED) is 0.873. The third kappa shape index (κ3) is 4.97. The Balaban J connectivity index is 1.68. The van der Waals surface area contributed by atoms with E-state index in [4.69, 9.17) is 4.74 Å². The van der Waals surface area contributed by atoms with Gasteiger partial charge in [0.25, 0.3) is 0 Å². The zero-order valence-electron chi connectivity index (χ0n) is 12.1. The fourth-order valence-corrected chi connectivity index (χ4v) is 2.88. The molecule has 0 radical (unpaired) electrons. The van der Waals surface area contributed by atoms with Gasteiger partial charge in [-0.2, -0.15) is 0 Å². The molecule has 1 heterocycles. The molecule has 1 aromatic carbocycles. The number of hydrogen-bond donors (Lipinski definition) is 1. The number of likely N-dealkylation sites (tertiary alicyclic amines) is 1. The van der Waals surface area contributed by atoms with Gasteiger partial charge >= 0.3 is 0 Å². The Morgan fingerprint density at radius 3 is 2.48 bits per heavy atom. The van der Waals surface area contributed by atoms with E-state index in [-0.39, 0.29) is 17.6 Å². The van der Waals surface area contributed by atoms with E-state index < -0.39 is 0 Å². The molecular weight excluding hydrogens is 288 g/mol. The summed E-state index contributed by atoms with van der Waals surface area (Å²) < 4.78 is 5.06. The number of carbonyl (C=O) groups is 2. The second-order valence-electron chi connectivity index (χ2n) is 4.86. The molecule has 1 saturated heterocycles. The SMILES string of the molecule is COc1ccc(NC(=O)CSCC(=O)N2CCCC2)cc1. The number of nitrogens with zero attached hydrogens (tertiary/aromatic N) is 1. The van der Waals surface area contributed by atoms with Gasteiger partial charge in [-0.3, -0.25) is 9.59 Å². The summed E-state index contributed by atoms with van der Waals surface area (Å²) in [5.74, 6) is 1.44. The van der Waals surface area contributed by atoms with Crippen molar-refractivity contribution < 1.29 is 14.3 Å². The molecule has 0 saturated carbocycles. The van der Waals surface area contributed by atoms with Crippen LogP contribution in [0.25, 0.3) is 0 Å². The van der Waals surface area contributed by atoms with Gasteiger partial charge in [0.1, 0.15) is 5.75 Å². The van der Waals surface area contributed by atoms with Crippen molar-refractivity contribution in [1.82, 2.24) is 4.90 Å². The third-order valence-corrected chi connectivity index (χ3v) is 4.21. The third-order valence-electron chi connectivity index (χ3n) is 3.29. The van der Waals surface area contributed by atoms with Crippen LogP contribution < -0.4 is 10.1 Å². The van der Waals surface area contributed by atoms with Gasteiger partial charge in [-0.05, 0) is 37.1 Å². The zero-order valence-corrected chi connectivity index (χ0v) is 12.9. The van der Waals surface area contributed by atoms with Crippen LogP contribution in [0.2, 0.25) is 0 Å². The van der Waals surface area contributed by atoms with E-state index in [9.17, 15) is 9.59 Å². The number of amides is 2. The summed E-state index contributed by atoms with van der Waals surface area (Å²) in [4.78, 5) is 25.5. The molecule has 1 fully saturated rings. The molecule has 1 aromatic rings. The highest BCUT2D eigenvalue weighted by molar-refractivity contribution is 8.00. The van der Waals surface area contributed by atoms with Crippen molar-refractivity contribution in [2.24, 2.45) is 0 Å². The lowest BCUT2D eigenvalue weighted by Crippen LogP contribution is -2.29. The zero-order chi connectivity index (χ0) is 15.1. The number of thioether (sulfide) groups is 1. The lowest BCUT2D eigenvalue weighted by molar-refractivity contribution is -0.127. The average Bonchev–Trinajstić information content (AvgIpc) is 3.02. The molecular formula is C15H20N2O3S. The molecule has 0 atom stereocenters. The lowest BCUT2D eigenvalue weighted by Gasteiger charge is -2.14. The van der Waals surface area contributed by atoms with Gasteiger partial charge in [-0.1, -0.05) is 0 Å². The molecule has 1 aliphatic rings. The van der Waals surface area contributed by atoms with Gasteiger partial charge in [0.05, 0.1) is 18.6 Å². The second kappa shape index (κ2) is 7.93. The number of nitrogens with one attached hydrogen (secondary N) is 1. The standard InChI is InChI=1S/C15H20N2O3S/c1-20-13-6-4-12(5-7-13)16-14(18)10-21-11-15(19)17-8-2-3-9-17/h4-7H,2-3,8-11H2,1H3,(H,16,18). The highest BCUT2D eigenvalue weighted by atomic mass is 32.2. The smallest absolute Gasteiger partial charge is 0.234 e. The maximum Gasteiger partial charge on any atom is 0.234 e. The predicted octanol–water partition coefficient (Wildman–Crippen LogP) is 1.99. The van der Waals surface area contributed by atoms with Gasteiger partial charge in [0.2, 0.25) is 11.8 Å². The van der Waals surface area contributed by atoms with Crippen molar-refractivity contribution in [3.05, 3.63) is 24.3 Å². The number of hydrogen-bond acceptors (Lipinski definition) is 4. The molecule has 2 amide bonds. The molecule has 0 aromatic heterocycles. The molecule has 6 heteroatoms. The van der Waals surface area contributed by atoms with E-state index in [2.05, 4.69) is 5.32 Å². The van der Waals surface area contributed by atoms with Crippen molar-refractivity contribution >= 4 is 29.3 Å². The predicted molar refractivity (Wildman–Crippen MR) is 84.8 cm³/mol. The molecule has 5 nitrogen and oxygen atoms in total. The largest absolute Gasteiger partial charge is 0.497 e. The van der Waals surface area contributed by atoms with Crippen LogP contribution in [-0.4, -0.2) is 48.4 Å². The topological polar surface area (TPSA) is 58.6 Å². The molecule has 1 N–H and O–H groups in total. The first kappa shape index (κ1) is 15.7. The van der Waals surface area contributed by atoms with Crippen LogP contribution in [0.5, 0.6) is 5.75 Å². The van der Waals surface area contributed by atoms with Crippen molar-refractivity contribution in [2.75, 3.05) is 37.0 Å². The van der Waals surface area contributed by atoms with E-state index in [1.54, 1.807) is 31.4 Å². The monoisotopic (exact) mass is 308 g/mol. The van der Waals surface area contributed by atoms with E-state index in [0.29, 0.717) is 5.75 Å². The number of rotatable bonds is 6. The number of benzene rings is 1. The summed E-state index contributed by atoms with van der Waals surface area (Å²) in [6.45, 7) is 1.72. The normalized spacial score (nSPS) is 14.0. The Kier molecular flexibility index (Phi) is 5.92. The Labute approximate surface area is 129 Å². The van der Waals surface area contributed by atoms with Crippen molar-refractivity contribution in [1.29, 1.82) is 0 Å². The van der Waals surface area contributed by atoms with Gasteiger partial charge in [0.15, 0.2) is 0 Å². The Hall–Kier alpha value is -1.69. The number of methoxy groups -OCH3 is 1. The molecule has 2 rings (SSSR count). The maximum absolute atomic E-state index is 11.8. The fourth-order valence-electron chi connectivity index (χ4n) is 2.16. The van der Waals surface area contributed by atoms with Crippen LogP contribution in [0, 0.1) is 0 Å². The molecule has 21 heavy (non-hydrogen) atoms. The van der Waals surface area contributed by atoms with Crippen LogP contribution in [-0.2, 0) is 9.59 Å². The van der Waals surface area contributed by atoms with E-state index in [1.165, 1.54) is 11.8 Å². The summed E-state index contributed by atoms with van der Waals surface area (Å²) in [6, 6.07) is 7.16. The van der Waals surface area contributed by atoms with Crippen LogP contribution >= 0.6 is 11.8 Å². The molecule has 0 bridgehead atoms. The second-order valence-corrected chi connectivity index (χ2v) is 5.84. The van der Waals surface area contributed by atoms with Gasteiger partial charge < -0.3 is 15.0 Å². The molecule has 0 aliphatic carbocycles. The van der Waals surface area contributed by atoms with E-state index >= 15 is 0 Å². The minimum atomic E-state index is -0.0978. The number of anilines is 1. The Bertz CT molecular complexity index is 484. The van der Waals surface area contributed by atoms with E-state index in [0.717, 1.165) is 37.4 Å². The first-order valence-electron chi connectivity index (χ1n) is 6.98. The van der Waals surface area contributed by atoms with E-state index in [1.807, 2.05) is 4.90 Å². The molecule has 114 valence electrons. The van der Waals surface area contributed by atoms with Gasteiger partial charge in [-0.25, -0.2) is 0 Å². The van der Waals surface area contributed by atoms with Crippen LogP contribution in [0.3, 0.4) is 0 Å². The first-order chi connectivity index (χ1) is 10.2. The maximum atomic E-state index is 11.8. The number of carbonyl (C=O) groups excluding carboxylic acids is 2. The highest BCUT2D eigenvalue weighted by Gasteiger charge is 2.17. The minimum Gasteiger partial charge on any atom is -0.497 e. The summed E-state index contributed by atoms with van der Waals surface area (Å²) in [7, 11) is 1.60. The van der Waals surface area contributed by atoms with Crippen LogP contribution in [0.15, 0.2) is 24.3 Å². The first-order valence-corrected chi connectivity index (χ1v) is 8.14. The summed E-state index contributed by atoms with van der Waals surface area (Å²) in [5.41, 5.74) is 0.729. The van der Waals surface area contributed by atoms with Gasteiger partial charge in [0, 0.05) is 18.8 Å². The van der Waals surface area contributed by atoms with Crippen LogP contribution in [0.1, 0.15) is 12.8 Å². The highest BCUT2D eigenvalue weighted by Crippen LogP contribution is 2.15. The molecule has 1 aliphatic heterocycles. The summed E-state index contributed by atoms with van der Waals surface area (Å²) >= 11 is 1.36. The summed E-state index contributed by atoms with van der Waals surface area (Å²) in [6.07, 6.45) is 2.18. The summed E-state index contributed by atoms with van der Waals surface area (Å²) in [5, 5.41) is 2.80. The van der Waals surface area contributed by atoms with Gasteiger partial charge in [-0.15, -0.1) is 11.8 Å². The minimum absolute atomic E-state index is 0.0978. The van der Waals surface area contributed by atoms with Crippen LogP contribution in [0.4, 0.5) is 5.69 Å². The van der Waals surface area contributed by atoms with Crippen molar-refractivity contribution in [3.63, 3.8) is 0 Å². The molecule has 0 spiro atoms. The van der Waals surface area contributed by atoms with Crippen molar-refractivity contribution in [2.45, 2.75) is 12.8 Å². The Morgan fingerprint density at radius 1 is 1.19 bits per heavy atom. The average molecular weight is 308 g/mol.